The largest absolute Gasteiger partial charge is 0.460 e. The summed E-state index contributed by atoms with van der Waals surface area (Å²) in [5.41, 5.74) is -0.440. The maximum atomic E-state index is 11.3. The van der Waals surface area contributed by atoms with Gasteiger partial charge in [0.25, 0.3) is 5.91 Å². The van der Waals surface area contributed by atoms with Crippen molar-refractivity contribution in [2.45, 2.75) is 46.3 Å². The molecule has 0 spiro atoms. The molecular weight excluding hydrogens is 236 g/mol. The number of rotatable bonds is 3. The fraction of sp³-hybridized carbons (Fsp3) is 0.583. The number of ether oxygens (including phenoxy) is 1. The van der Waals surface area contributed by atoms with Gasteiger partial charge in [-0.2, -0.15) is 0 Å². The molecule has 0 saturated heterocycles. The van der Waals surface area contributed by atoms with Gasteiger partial charge in [-0.15, -0.1) is 0 Å². The highest BCUT2D eigenvalue weighted by Gasteiger charge is 2.14. The topological polar surface area (TPSA) is 84.5 Å². The van der Waals surface area contributed by atoms with Gasteiger partial charge < -0.3 is 10.1 Å². The summed E-state index contributed by atoms with van der Waals surface area (Å²) in [5, 5.41) is 4.61. The Morgan fingerprint density at radius 3 is 2.11 bits per heavy atom. The molecule has 0 aromatic heterocycles. The molecule has 0 unspecified atom stereocenters. The van der Waals surface area contributed by atoms with Crippen LogP contribution in [0.25, 0.3) is 0 Å². The number of carbonyl (C=O) groups excluding carboxylic acids is 3. The van der Waals surface area contributed by atoms with Gasteiger partial charge in [-0.1, -0.05) is 0 Å². The van der Waals surface area contributed by atoms with Crippen molar-refractivity contribution < 1.29 is 19.1 Å². The third-order valence-corrected chi connectivity index (χ3v) is 1.45. The van der Waals surface area contributed by atoms with E-state index in [0.29, 0.717) is 0 Å². The van der Waals surface area contributed by atoms with Gasteiger partial charge in [-0.3, -0.25) is 10.1 Å². The maximum absolute atomic E-state index is 11.3. The van der Waals surface area contributed by atoms with Crippen LogP contribution in [0.5, 0.6) is 0 Å². The fourth-order valence-corrected chi connectivity index (χ4v) is 0.941. The number of urea groups is 1. The first-order valence-electron chi connectivity index (χ1n) is 5.62. The van der Waals surface area contributed by atoms with Crippen molar-refractivity contribution in [3.05, 3.63) is 12.2 Å². The first-order chi connectivity index (χ1) is 8.10. The van der Waals surface area contributed by atoms with E-state index in [2.05, 4.69) is 10.6 Å². The van der Waals surface area contributed by atoms with Gasteiger partial charge >= 0.3 is 12.0 Å². The Morgan fingerprint density at radius 2 is 1.67 bits per heavy atom. The monoisotopic (exact) mass is 256 g/mol. The molecule has 0 fully saturated rings. The molecule has 6 heteroatoms. The normalized spacial score (nSPS) is 11.4. The summed E-state index contributed by atoms with van der Waals surface area (Å²) < 4.78 is 4.78. The zero-order valence-electron chi connectivity index (χ0n) is 11.4. The van der Waals surface area contributed by atoms with Crippen molar-refractivity contribution in [2.24, 2.45) is 0 Å². The lowest BCUT2D eigenvalue weighted by molar-refractivity contribution is -0.141. The molecule has 0 radical (unpaired) electrons. The summed E-state index contributed by atoms with van der Waals surface area (Å²) in [6.45, 7) is 8.75. The molecule has 0 heterocycles. The first kappa shape index (κ1) is 16.1. The highest BCUT2D eigenvalue weighted by atomic mass is 16.5. The van der Waals surface area contributed by atoms with E-state index in [0.717, 1.165) is 12.2 Å². The van der Waals surface area contributed by atoms with E-state index in [9.17, 15) is 14.4 Å². The maximum Gasteiger partial charge on any atom is 0.331 e. The van der Waals surface area contributed by atoms with Crippen LogP contribution in [-0.2, 0) is 14.3 Å². The molecule has 0 saturated carbocycles. The third kappa shape index (κ3) is 9.38. The molecule has 0 aliphatic heterocycles. The molecule has 102 valence electrons. The molecule has 0 aliphatic rings. The van der Waals surface area contributed by atoms with E-state index in [-0.39, 0.29) is 6.10 Å². The number of imide groups is 1. The lowest BCUT2D eigenvalue weighted by Crippen LogP contribution is -2.47. The minimum atomic E-state index is -0.683. The van der Waals surface area contributed by atoms with Crippen LogP contribution < -0.4 is 10.6 Å². The van der Waals surface area contributed by atoms with Gasteiger partial charge in [0.15, 0.2) is 0 Å². The Labute approximate surface area is 107 Å². The summed E-state index contributed by atoms with van der Waals surface area (Å²) in [5.74, 6) is -1.31. The van der Waals surface area contributed by atoms with Gasteiger partial charge in [0.1, 0.15) is 0 Å². The zero-order valence-corrected chi connectivity index (χ0v) is 11.4. The Balaban J connectivity index is 4.15. The van der Waals surface area contributed by atoms with Gasteiger partial charge in [0, 0.05) is 17.7 Å². The smallest absolute Gasteiger partial charge is 0.331 e. The number of esters is 1. The van der Waals surface area contributed by atoms with Crippen molar-refractivity contribution in [2.75, 3.05) is 0 Å². The minimum absolute atomic E-state index is 0.255. The molecule has 0 atom stereocenters. The second-order valence-corrected chi connectivity index (χ2v) is 5.01. The van der Waals surface area contributed by atoms with Crippen molar-refractivity contribution in [3.63, 3.8) is 0 Å². The average molecular weight is 256 g/mol. The van der Waals surface area contributed by atoms with Crippen molar-refractivity contribution >= 4 is 17.9 Å². The quantitative estimate of drug-likeness (QED) is 0.585. The number of hydrogen-bond acceptors (Lipinski definition) is 4. The van der Waals surface area contributed by atoms with Crippen LogP contribution in [-0.4, -0.2) is 29.6 Å². The third-order valence-electron chi connectivity index (χ3n) is 1.45. The summed E-state index contributed by atoms with van der Waals surface area (Å²) in [6.07, 6.45) is 1.67. The summed E-state index contributed by atoms with van der Waals surface area (Å²) in [4.78, 5) is 33.6. The molecule has 0 aromatic carbocycles. The molecular formula is C12H20N2O4. The zero-order chi connectivity index (χ0) is 14.3. The van der Waals surface area contributed by atoms with Crippen molar-refractivity contribution in [1.29, 1.82) is 0 Å². The first-order valence-corrected chi connectivity index (χ1v) is 5.62. The Morgan fingerprint density at radius 1 is 1.11 bits per heavy atom. The Bertz CT molecular complexity index is 354. The summed E-state index contributed by atoms with van der Waals surface area (Å²) in [7, 11) is 0. The van der Waals surface area contributed by atoms with Crippen LogP contribution in [0.15, 0.2) is 12.2 Å². The van der Waals surface area contributed by atoms with E-state index in [1.54, 1.807) is 34.6 Å². The molecule has 2 N–H and O–H groups in total. The lowest BCUT2D eigenvalue weighted by atomic mass is 10.1. The predicted molar refractivity (Wildman–Crippen MR) is 66.8 cm³/mol. The van der Waals surface area contributed by atoms with Gasteiger partial charge in [0.2, 0.25) is 0 Å². The number of carbonyl (C=O) groups is 3. The van der Waals surface area contributed by atoms with Gasteiger partial charge in [-0.25, -0.2) is 9.59 Å². The van der Waals surface area contributed by atoms with E-state index in [1.807, 2.05) is 0 Å². The number of nitrogens with one attached hydrogen (secondary N) is 2. The van der Waals surface area contributed by atoms with E-state index < -0.39 is 23.4 Å². The molecule has 0 aliphatic carbocycles. The SMILES string of the molecule is CC(C)OC(=O)C=CC(=O)NC(=O)NC(C)(C)C. The standard InChI is InChI=1S/C12H20N2O4/c1-8(2)18-10(16)7-6-9(15)13-11(17)14-12(3,4)5/h6-8H,1-5H3,(H2,13,14,15,17). The van der Waals surface area contributed by atoms with Crippen molar-refractivity contribution in [3.8, 4) is 0 Å². The van der Waals surface area contributed by atoms with Crippen molar-refractivity contribution in [1.82, 2.24) is 10.6 Å². The van der Waals surface area contributed by atoms with Crippen LogP contribution >= 0.6 is 0 Å². The lowest BCUT2D eigenvalue weighted by Gasteiger charge is -2.19. The fourth-order valence-electron chi connectivity index (χ4n) is 0.941. The summed E-state index contributed by atoms with van der Waals surface area (Å²) in [6, 6.07) is -0.616. The number of amides is 3. The molecule has 3 amide bonds. The van der Waals surface area contributed by atoms with Gasteiger partial charge in [0.05, 0.1) is 6.10 Å². The van der Waals surface area contributed by atoms with Crippen LogP contribution in [0, 0.1) is 0 Å². The van der Waals surface area contributed by atoms with Gasteiger partial charge in [-0.05, 0) is 34.6 Å². The molecule has 18 heavy (non-hydrogen) atoms. The average Bonchev–Trinajstić information content (AvgIpc) is 2.10. The minimum Gasteiger partial charge on any atom is -0.460 e. The van der Waals surface area contributed by atoms with Crippen LogP contribution in [0.2, 0.25) is 0 Å². The van der Waals surface area contributed by atoms with E-state index in [1.165, 1.54) is 0 Å². The summed E-state index contributed by atoms with van der Waals surface area (Å²) >= 11 is 0. The Kier molecular flexibility index (Phi) is 6.08. The second-order valence-electron chi connectivity index (χ2n) is 5.01. The van der Waals surface area contributed by atoms with Crippen LogP contribution in [0.1, 0.15) is 34.6 Å². The predicted octanol–water partition coefficient (Wildman–Crippen LogP) is 1.12. The second kappa shape index (κ2) is 6.78. The van der Waals surface area contributed by atoms with Crippen LogP contribution in [0.3, 0.4) is 0 Å². The highest BCUT2D eigenvalue weighted by molar-refractivity contribution is 6.02. The van der Waals surface area contributed by atoms with E-state index in [4.69, 9.17) is 4.74 Å². The molecule has 6 nitrogen and oxygen atoms in total. The molecule has 0 rings (SSSR count). The molecule has 0 bridgehead atoms. The van der Waals surface area contributed by atoms with E-state index >= 15 is 0 Å². The number of hydrogen-bond donors (Lipinski definition) is 2. The highest BCUT2D eigenvalue weighted by Crippen LogP contribution is 1.97. The Hall–Kier alpha value is -1.85. The molecule has 0 aromatic rings. The van der Waals surface area contributed by atoms with Crippen LogP contribution in [0.4, 0.5) is 4.79 Å².